The summed E-state index contributed by atoms with van der Waals surface area (Å²) in [6.07, 6.45) is 2.47. The molecule has 0 aliphatic heterocycles. The summed E-state index contributed by atoms with van der Waals surface area (Å²) < 4.78 is 5.38. The summed E-state index contributed by atoms with van der Waals surface area (Å²) in [5, 5.41) is 0. The molecule has 22 heavy (non-hydrogen) atoms. The Kier molecular flexibility index (Phi) is 5.74. The van der Waals surface area contributed by atoms with Crippen LogP contribution in [0.4, 0.5) is 0 Å². The fourth-order valence-electron chi connectivity index (χ4n) is 2.20. The van der Waals surface area contributed by atoms with E-state index < -0.39 is 0 Å². The van der Waals surface area contributed by atoms with Crippen LogP contribution in [0.15, 0.2) is 67.3 Å². The number of methoxy groups -OCH3 is 1. The van der Waals surface area contributed by atoms with E-state index in [1.165, 1.54) is 0 Å². The largest absolute Gasteiger partial charge is 0.496 e. The molecule has 4 nitrogen and oxygen atoms in total. The van der Waals surface area contributed by atoms with Crippen molar-refractivity contribution in [1.29, 1.82) is 0 Å². The molecule has 0 saturated carbocycles. The molecule has 0 spiro atoms. The van der Waals surface area contributed by atoms with Crippen LogP contribution in [0.25, 0.3) is 0 Å². The monoisotopic (exact) mass is 296 g/mol. The zero-order valence-corrected chi connectivity index (χ0v) is 12.6. The van der Waals surface area contributed by atoms with Gasteiger partial charge in [-0.05, 0) is 24.6 Å². The molecule has 0 aliphatic carbocycles. The number of para-hydroxylation sites is 1. The van der Waals surface area contributed by atoms with E-state index >= 15 is 0 Å². The van der Waals surface area contributed by atoms with Gasteiger partial charge in [-0.15, -0.1) is 6.58 Å². The van der Waals surface area contributed by atoms with Gasteiger partial charge in [0, 0.05) is 11.1 Å². The highest BCUT2D eigenvalue weighted by atomic mass is 16.5. The van der Waals surface area contributed by atoms with Gasteiger partial charge in [-0.1, -0.05) is 42.5 Å². The first-order valence-electron chi connectivity index (χ1n) is 7.11. The van der Waals surface area contributed by atoms with Crippen molar-refractivity contribution < 1.29 is 9.53 Å². The van der Waals surface area contributed by atoms with E-state index in [-0.39, 0.29) is 11.9 Å². The van der Waals surface area contributed by atoms with Gasteiger partial charge >= 0.3 is 0 Å². The maximum absolute atomic E-state index is 12.1. The lowest BCUT2D eigenvalue weighted by Gasteiger charge is -2.20. The SMILES string of the molecule is C=CCC(NNC(=O)c1ccccc1)c1ccccc1OC. The Hall–Kier alpha value is -2.59. The van der Waals surface area contributed by atoms with Gasteiger partial charge in [-0.2, -0.15) is 0 Å². The highest BCUT2D eigenvalue weighted by Crippen LogP contribution is 2.26. The number of ether oxygens (including phenoxy) is 1. The molecule has 1 amide bonds. The fourth-order valence-corrected chi connectivity index (χ4v) is 2.20. The summed E-state index contributed by atoms with van der Waals surface area (Å²) in [5.41, 5.74) is 7.38. The van der Waals surface area contributed by atoms with Crippen LogP contribution in [0.5, 0.6) is 5.75 Å². The van der Waals surface area contributed by atoms with E-state index in [9.17, 15) is 4.79 Å². The van der Waals surface area contributed by atoms with Crippen LogP contribution in [-0.4, -0.2) is 13.0 Å². The van der Waals surface area contributed by atoms with Crippen molar-refractivity contribution >= 4 is 5.91 Å². The zero-order valence-electron chi connectivity index (χ0n) is 12.6. The number of carbonyl (C=O) groups is 1. The predicted octanol–water partition coefficient (Wildman–Crippen LogP) is 3.25. The molecule has 0 saturated heterocycles. The minimum atomic E-state index is -0.176. The minimum Gasteiger partial charge on any atom is -0.496 e. The second kappa shape index (κ2) is 8.00. The van der Waals surface area contributed by atoms with Crippen molar-refractivity contribution in [2.45, 2.75) is 12.5 Å². The van der Waals surface area contributed by atoms with Crippen LogP contribution in [0.2, 0.25) is 0 Å². The molecule has 0 aromatic heterocycles. The number of hydrogen-bond acceptors (Lipinski definition) is 3. The molecule has 1 unspecified atom stereocenters. The maximum Gasteiger partial charge on any atom is 0.265 e. The minimum absolute atomic E-state index is 0.110. The highest BCUT2D eigenvalue weighted by Gasteiger charge is 2.15. The lowest BCUT2D eigenvalue weighted by atomic mass is 10.0. The van der Waals surface area contributed by atoms with Gasteiger partial charge < -0.3 is 4.74 Å². The maximum atomic E-state index is 12.1. The van der Waals surface area contributed by atoms with Gasteiger partial charge in [0.15, 0.2) is 0 Å². The standard InChI is InChI=1S/C18H20N2O2/c1-3-9-16(15-12-7-8-13-17(15)22-2)19-20-18(21)14-10-5-4-6-11-14/h3-8,10-13,16,19H,1,9H2,2H3,(H,20,21). The summed E-state index contributed by atoms with van der Waals surface area (Å²) in [4.78, 5) is 12.1. The van der Waals surface area contributed by atoms with Crippen LogP contribution in [0, 0.1) is 0 Å². The van der Waals surface area contributed by atoms with Crippen LogP contribution in [0.3, 0.4) is 0 Å². The molecule has 0 heterocycles. The summed E-state index contributed by atoms with van der Waals surface area (Å²) in [6, 6.07) is 16.7. The third kappa shape index (κ3) is 3.96. The Morgan fingerprint density at radius 1 is 1.18 bits per heavy atom. The number of rotatable bonds is 7. The average molecular weight is 296 g/mol. The van der Waals surface area contributed by atoms with Gasteiger partial charge in [0.05, 0.1) is 13.2 Å². The molecular formula is C18H20N2O2. The van der Waals surface area contributed by atoms with E-state index in [0.717, 1.165) is 11.3 Å². The molecule has 2 aromatic carbocycles. The predicted molar refractivity (Wildman–Crippen MR) is 87.6 cm³/mol. The molecule has 114 valence electrons. The Balaban J connectivity index is 2.09. The molecule has 0 fully saturated rings. The van der Waals surface area contributed by atoms with Gasteiger partial charge in [0.1, 0.15) is 5.75 Å². The van der Waals surface area contributed by atoms with Gasteiger partial charge in [0.25, 0.3) is 5.91 Å². The molecule has 1 atom stereocenters. The molecule has 0 bridgehead atoms. The Labute approximate surface area is 130 Å². The van der Waals surface area contributed by atoms with E-state index in [0.29, 0.717) is 12.0 Å². The molecule has 4 heteroatoms. The van der Waals surface area contributed by atoms with Crippen molar-refractivity contribution in [1.82, 2.24) is 10.9 Å². The zero-order chi connectivity index (χ0) is 15.8. The van der Waals surface area contributed by atoms with Crippen molar-refractivity contribution in [3.63, 3.8) is 0 Å². The highest BCUT2D eigenvalue weighted by molar-refractivity contribution is 5.93. The Morgan fingerprint density at radius 2 is 1.86 bits per heavy atom. The first kappa shape index (κ1) is 15.8. The summed E-state index contributed by atoms with van der Waals surface area (Å²) in [7, 11) is 1.63. The number of amides is 1. The molecule has 2 rings (SSSR count). The third-order valence-corrected chi connectivity index (χ3v) is 3.31. The molecule has 0 radical (unpaired) electrons. The molecule has 2 aromatic rings. The van der Waals surface area contributed by atoms with E-state index in [4.69, 9.17) is 4.74 Å². The Morgan fingerprint density at radius 3 is 2.55 bits per heavy atom. The summed E-state index contributed by atoms with van der Waals surface area (Å²) >= 11 is 0. The lowest BCUT2D eigenvalue weighted by Crippen LogP contribution is -2.40. The lowest BCUT2D eigenvalue weighted by molar-refractivity contribution is 0.0924. The average Bonchev–Trinajstić information content (AvgIpc) is 2.59. The van der Waals surface area contributed by atoms with Crippen molar-refractivity contribution in [3.8, 4) is 5.75 Å². The molecule has 0 aliphatic rings. The molecular weight excluding hydrogens is 276 g/mol. The number of hydrazine groups is 1. The smallest absolute Gasteiger partial charge is 0.265 e. The third-order valence-electron chi connectivity index (χ3n) is 3.31. The van der Waals surface area contributed by atoms with Gasteiger partial charge in [-0.3, -0.25) is 10.2 Å². The van der Waals surface area contributed by atoms with Crippen molar-refractivity contribution in [2.75, 3.05) is 7.11 Å². The second-order valence-corrected chi connectivity index (χ2v) is 4.78. The second-order valence-electron chi connectivity index (χ2n) is 4.78. The number of nitrogens with one attached hydrogen (secondary N) is 2. The fraction of sp³-hybridized carbons (Fsp3) is 0.167. The van der Waals surface area contributed by atoms with Crippen LogP contribution in [-0.2, 0) is 0 Å². The molecule has 2 N–H and O–H groups in total. The van der Waals surface area contributed by atoms with Crippen molar-refractivity contribution in [3.05, 3.63) is 78.4 Å². The first-order chi connectivity index (χ1) is 10.8. The first-order valence-corrected chi connectivity index (χ1v) is 7.11. The quantitative estimate of drug-likeness (QED) is 0.609. The van der Waals surface area contributed by atoms with E-state index in [1.54, 1.807) is 25.3 Å². The normalized spacial score (nSPS) is 11.5. The number of hydrogen-bond donors (Lipinski definition) is 2. The topological polar surface area (TPSA) is 50.4 Å². The van der Waals surface area contributed by atoms with Gasteiger partial charge in [-0.25, -0.2) is 5.43 Å². The number of benzene rings is 2. The van der Waals surface area contributed by atoms with Crippen LogP contribution >= 0.6 is 0 Å². The Bertz CT molecular complexity index is 626. The van der Waals surface area contributed by atoms with E-state index in [2.05, 4.69) is 17.4 Å². The van der Waals surface area contributed by atoms with E-state index in [1.807, 2.05) is 42.5 Å². The summed E-state index contributed by atoms with van der Waals surface area (Å²) in [5.74, 6) is 0.598. The van der Waals surface area contributed by atoms with Crippen LogP contribution in [0.1, 0.15) is 28.4 Å². The van der Waals surface area contributed by atoms with Gasteiger partial charge in [0.2, 0.25) is 0 Å². The van der Waals surface area contributed by atoms with Crippen molar-refractivity contribution in [2.24, 2.45) is 0 Å². The van der Waals surface area contributed by atoms with Crippen LogP contribution < -0.4 is 15.6 Å². The summed E-state index contributed by atoms with van der Waals surface area (Å²) in [6.45, 7) is 3.77. The number of carbonyl (C=O) groups excluding carboxylic acids is 1.